The van der Waals surface area contributed by atoms with Crippen LogP contribution in [0.3, 0.4) is 0 Å². The van der Waals surface area contributed by atoms with E-state index in [-0.39, 0.29) is 16.5 Å². The third-order valence-electron chi connectivity index (χ3n) is 5.23. The van der Waals surface area contributed by atoms with Crippen LogP contribution in [-0.4, -0.2) is 17.1 Å². The van der Waals surface area contributed by atoms with Crippen molar-refractivity contribution in [2.24, 2.45) is 0 Å². The van der Waals surface area contributed by atoms with Crippen molar-refractivity contribution in [1.82, 2.24) is 0 Å². The van der Waals surface area contributed by atoms with Gasteiger partial charge in [-0.15, -0.1) is 0 Å². The molecule has 1 saturated heterocycles. The standard InChI is InChI=1S/C26H19BrFN3O2S/c1-16-2-12-21(13-3-16)31-25(33)23(14-17-4-6-18(27)7-5-17)34-26(31)22(15-29)24(32)30-20-10-8-19(28)9-11-20/h2-13,23H,14H2,1H3,(H,30,32). The first-order valence-corrected chi connectivity index (χ1v) is 12.1. The summed E-state index contributed by atoms with van der Waals surface area (Å²) in [6.45, 7) is 1.94. The largest absolute Gasteiger partial charge is 0.321 e. The topological polar surface area (TPSA) is 73.2 Å². The second-order valence-electron chi connectivity index (χ2n) is 7.70. The number of benzene rings is 3. The molecule has 0 saturated carbocycles. The summed E-state index contributed by atoms with van der Waals surface area (Å²) in [6, 6.07) is 22.2. The molecule has 1 heterocycles. The molecule has 0 radical (unpaired) electrons. The molecule has 3 aromatic carbocycles. The van der Waals surface area contributed by atoms with E-state index in [0.717, 1.165) is 15.6 Å². The summed E-state index contributed by atoms with van der Waals surface area (Å²) >= 11 is 4.61. The summed E-state index contributed by atoms with van der Waals surface area (Å²) in [5, 5.41) is 12.3. The minimum Gasteiger partial charge on any atom is -0.321 e. The van der Waals surface area contributed by atoms with Crippen molar-refractivity contribution in [2.75, 3.05) is 10.2 Å². The van der Waals surface area contributed by atoms with Gasteiger partial charge in [-0.2, -0.15) is 5.26 Å². The van der Waals surface area contributed by atoms with Crippen molar-refractivity contribution in [2.45, 2.75) is 18.6 Å². The van der Waals surface area contributed by atoms with Crippen molar-refractivity contribution < 1.29 is 14.0 Å². The van der Waals surface area contributed by atoms with E-state index in [1.807, 2.05) is 49.4 Å². The quantitative estimate of drug-likeness (QED) is 0.323. The van der Waals surface area contributed by atoms with E-state index in [4.69, 9.17) is 0 Å². The Bertz CT molecular complexity index is 1300. The highest BCUT2D eigenvalue weighted by Gasteiger charge is 2.40. The van der Waals surface area contributed by atoms with Gasteiger partial charge in [0.15, 0.2) is 0 Å². The van der Waals surface area contributed by atoms with Gasteiger partial charge in [-0.3, -0.25) is 14.5 Å². The number of thioether (sulfide) groups is 1. The molecular formula is C26H19BrFN3O2S. The van der Waals surface area contributed by atoms with Crippen LogP contribution in [0.15, 0.2) is 87.9 Å². The molecule has 1 atom stereocenters. The highest BCUT2D eigenvalue weighted by atomic mass is 79.9. The van der Waals surface area contributed by atoms with Crippen LogP contribution in [-0.2, 0) is 16.0 Å². The molecule has 1 aliphatic heterocycles. The summed E-state index contributed by atoms with van der Waals surface area (Å²) in [6.07, 6.45) is 0.445. The lowest BCUT2D eigenvalue weighted by Crippen LogP contribution is -2.30. The lowest BCUT2D eigenvalue weighted by Gasteiger charge is -2.19. The number of nitrogens with zero attached hydrogens (tertiary/aromatic N) is 2. The normalized spacial score (nSPS) is 16.8. The minimum atomic E-state index is -0.661. The third kappa shape index (κ3) is 5.22. The van der Waals surface area contributed by atoms with Crippen molar-refractivity contribution in [3.63, 3.8) is 0 Å². The summed E-state index contributed by atoms with van der Waals surface area (Å²) in [4.78, 5) is 27.9. The van der Waals surface area contributed by atoms with E-state index < -0.39 is 17.0 Å². The fourth-order valence-corrected chi connectivity index (χ4v) is 5.05. The van der Waals surface area contributed by atoms with Crippen molar-refractivity contribution in [3.05, 3.63) is 105 Å². The number of amides is 2. The molecule has 2 amide bonds. The second-order valence-corrected chi connectivity index (χ2v) is 9.81. The Balaban J connectivity index is 1.71. The van der Waals surface area contributed by atoms with Crippen molar-refractivity contribution in [3.8, 4) is 6.07 Å². The molecule has 34 heavy (non-hydrogen) atoms. The molecule has 0 spiro atoms. The number of rotatable bonds is 5. The van der Waals surface area contributed by atoms with Gasteiger partial charge in [0.1, 0.15) is 22.5 Å². The number of hydrogen-bond donors (Lipinski definition) is 1. The van der Waals surface area contributed by atoms with E-state index in [1.165, 1.54) is 40.9 Å². The number of aryl methyl sites for hydroxylation is 1. The molecule has 0 aliphatic carbocycles. The zero-order valence-corrected chi connectivity index (χ0v) is 20.5. The smallest absolute Gasteiger partial charge is 0.269 e. The number of anilines is 2. The maximum Gasteiger partial charge on any atom is 0.269 e. The first kappa shape index (κ1) is 23.7. The van der Waals surface area contributed by atoms with Crippen molar-refractivity contribution >= 4 is 50.9 Å². The van der Waals surface area contributed by atoms with Gasteiger partial charge in [-0.25, -0.2) is 4.39 Å². The summed E-state index contributed by atoms with van der Waals surface area (Å²) < 4.78 is 14.2. The van der Waals surface area contributed by atoms with E-state index in [2.05, 4.69) is 21.2 Å². The van der Waals surface area contributed by atoms with Gasteiger partial charge >= 0.3 is 0 Å². The molecule has 1 fully saturated rings. The van der Waals surface area contributed by atoms with E-state index >= 15 is 0 Å². The summed E-state index contributed by atoms with van der Waals surface area (Å²) in [5.74, 6) is -1.30. The molecular weight excluding hydrogens is 517 g/mol. The maximum absolute atomic E-state index is 13.5. The Hall–Kier alpha value is -3.41. The number of hydrogen-bond acceptors (Lipinski definition) is 4. The monoisotopic (exact) mass is 535 g/mol. The van der Waals surface area contributed by atoms with E-state index in [1.54, 1.807) is 12.1 Å². The van der Waals surface area contributed by atoms with Crippen LogP contribution in [0.2, 0.25) is 0 Å². The average Bonchev–Trinajstić information content (AvgIpc) is 3.13. The molecule has 0 aromatic heterocycles. The number of halogens is 2. The predicted octanol–water partition coefficient (Wildman–Crippen LogP) is 5.96. The number of nitriles is 1. The van der Waals surface area contributed by atoms with Crippen LogP contribution in [0.5, 0.6) is 0 Å². The number of carbonyl (C=O) groups is 2. The molecule has 1 aliphatic rings. The molecule has 8 heteroatoms. The van der Waals surface area contributed by atoms with Gasteiger partial charge in [-0.05, 0) is 67.4 Å². The van der Waals surface area contributed by atoms with E-state index in [9.17, 15) is 19.2 Å². The Morgan fingerprint density at radius 2 is 1.74 bits per heavy atom. The second kappa shape index (κ2) is 10.2. The first-order valence-electron chi connectivity index (χ1n) is 10.4. The van der Waals surface area contributed by atoms with Crippen LogP contribution in [0.25, 0.3) is 0 Å². The maximum atomic E-state index is 13.5. The van der Waals surface area contributed by atoms with Gasteiger partial charge in [0.2, 0.25) is 5.91 Å². The minimum absolute atomic E-state index is 0.179. The van der Waals surface area contributed by atoms with Crippen LogP contribution in [0.4, 0.5) is 15.8 Å². The molecule has 170 valence electrons. The van der Waals surface area contributed by atoms with Gasteiger partial charge in [-0.1, -0.05) is 57.5 Å². The van der Waals surface area contributed by atoms with Crippen LogP contribution >= 0.6 is 27.7 Å². The summed E-state index contributed by atoms with van der Waals surface area (Å²) in [5.41, 5.74) is 2.74. The Labute approximate surface area is 209 Å². The number of carbonyl (C=O) groups excluding carboxylic acids is 2. The lowest BCUT2D eigenvalue weighted by atomic mass is 10.1. The van der Waals surface area contributed by atoms with Crippen LogP contribution in [0, 0.1) is 24.1 Å². The van der Waals surface area contributed by atoms with Gasteiger partial charge in [0.25, 0.3) is 5.91 Å². The molecule has 0 bridgehead atoms. The molecule has 1 unspecified atom stereocenters. The first-order chi connectivity index (χ1) is 16.4. The zero-order valence-electron chi connectivity index (χ0n) is 18.1. The third-order valence-corrected chi connectivity index (χ3v) is 7.03. The van der Waals surface area contributed by atoms with E-state index in [0.29, 0.717) is 17.8 Å². The fourth-order valence-electron chi connectivity index (χ4n) is 3.48. The Kier molecular flexibility index (Phi) is 7.15. The zero-order chi connectivity index (χ0) is 24.2. The van der Waals surface area contributed by atoms with Crippen LogP contribution in [0.1, 0.15) is 11.1 Å². The average molecular weight is 536 g/mol. The Morgan fingerprint density at radius 3 is 2.35 bits per heavy atom. The predicted molar refractivity (Wildman–Crippen MR) is 136 cm³/mol. The molecule has 3 aromatic rings. The highest BCUT2D eigenvalue weighted by Crippen LogP contribution is 2.42. The van der Waals surface area contributed by atoms with Crippen LogP contribution < -0.4 is 10.2 Å². The number of nitrogens with one attached hydrogen (secondary N) is 1. The Morgan fingerprint density at radius 1 is 1.09 bits per heavy atom. The van der Waals surface area contributed by atoms with Crippen molar-refractivity contribution in [1.29, 1.82) is 5.26 Å². The SMILES string of the molecule is Cc1ccc(N2C(=O)C(Cc3ccc(Br)cc3)SC2=C(C#N)C(=O)Nc2ccc(F)cc2)cc1. The molecule has 4 rings (SSSR count). The lowest BCUT2D eigenvalue weighted by molar-refractivity contribution is -0.117. The van der Waals surface area contributed by atoms with Gasteiger partial charge in [0.05, 0.1) is 5.25 Å². The van der Waals surface area contributed by atoms with Gasteiger partial charge < -0.3 is 5.32 Å². The molecule has 1 N–H and O–H groups in total. The summed E-state index contributed by atoms with van der Waals surface area (Å²) in [7, 11) is 0. The van der Waals surface area contributed by atoms with Gasteiger partial charge in [0, 0.05) is 15.8 Å². The fraction of sp³-hybridized carbons (Fsp3) is 0.115. The highest BCUT2D eigenvalue weighted by molar-refractivity contribution is 9.10. The molecule has 5 nitrogen and oxygen atoms in total.